The molecule has 14 heavy (non-hydrogen) atoms. The highest BCUT2D eigenvalue weighted by molar-refractivity contribution is 6.32. The van der Waals surface area contributed by atoms with Crippen molar-refractivity contribution >= 4 is 22.5 Å². The van der Waals surface area contributed by atoms with Gasteiger partial charge >= 0.3 is 0 Å². The summed E-state index contributed by atoms with van der Waals surface area (Å²) in [6.07, 6.45) is 0. The normalized spacial score (nSPS) is 11.1. The molecule has 0 radical (unpaired) electrons. The van der Waals surface area contributed by atoms with Gasteiger partial charge in [-0.2, -0.15) is 0 Å². The molecule has 0 aliphatic carbocycles. The molecule has 0 fully saturated rings. The third kappa shape index (κ3) is 1.14. The van der Waals surface area contributed by atoms with Crippen molar-refractivity contribution in [3.8, 4) is 0 Å². The van der Waals surface area contributed by atoms with Crippen LogP contribution in [0.4, 0.5) is 4.39 Å². The van der Waals surface area contributed by atoms with Crippen molar-refractivity contribution in [2.45, 2.75) is 20.4 Å². The Balaban J connectivity index is 2.96. The van der Waals surface area contributed by atoms with Crippen molar-refractivity contribution in [2.24, 2.45) is 0 Å². The summed E-state index contributed by atoms with van der Waals surface area (Å²) in [5.74, 6) is -0.209. The van der Waals surface area contributed by atoms with Gasteiger partial charge in [-0.1, -0.05) is 23.7 Å². The molecule has 2 rings (SSSR count). The summed E-state index contributed by atoms with van der Waals surface area (Å²) < 4.78 is 15.3. The standard InChI is InChI=1S/C11H11ClFN/c1-3-14-10-8(7(2)11(14)12)5-4-6-9(10)13/h4-6H,3H2,1-2H3. The fourth-order valence-electron chi connectivity index (χ4n) is 1.80. The summed E-state index contributed by atoms with van der Waals surface area (Å²) >= 11 is 6.11. The van der Waals surface area contributed by atoms with Crippen LogP contribution in [0.15, 0.2) is 18.2 Å². The molecule has 0 bridgehead atoms. The Labute approximate surface area is 87.1 Å². The lowest BCUT2D eigenvalue weighted by atomic mass is 10.2. The zero-order valence-electron chi connectivity index (χ0n) is 8.14. The second kappa shape index (κ2) is 3.28. The Kier molecular flexibility index (Phi) is 2.23. The largest absolute Gasteiger partial charge is 0.329 e. The number of aromatic nitrogens is 1. The van der Waals surface area contributed by atoms with E-state index >= 15 is 0 Å². The molecule has 0 aliphatic rings. The lowest BCUT2D eigenvalue weighted by molar-refractivity contribution is 0.626. The molecule has 1 heterocycles. The molecule has 0 N–H and O–H groups in total. The molecule has 0 saturated heterocycles. The molecule has 1 aromatic carbocycles. The second-order valence-electron chi connectivity index (χ2n) is 3.30. The number of para-hydroxylation sites is 1. The highest BCUT2D eigenvalue weighted by Crippen LogP contribution is 2.30. The van der Waals surface area contributed by atoms with Gasteiger partial charge in [-0.05, 0) is 25.5 Å². The SMILES string of the molecule is CCn1c(Cl)c(C)c2cccc(F)c21. The Bertz CT molecular complexity index is 487. The van der Waals surface area contributed by atoms with Crippen LogP contribution < -0.4 is 0 Å². The summed E-state index contributed by atoms with van der Waals surface area (Å²) in [7, 11) is 0. The van der Waals surface area contributed by atoms with Crippen molar-refractivity contribution in [3.63, 3.8) is 0 Å². The van der Waals surface area contributed by atoms with Crippen LogP contribution in [0, 0.1) is 12.7 Å². The molecule has 2 aromatic rings. The number of benzene rings is 1. The number of nitrogens with zero attached hydrogens (tertiary/aromatic N) is 1. The molecular weight excluding hydrogens is 201 g/mol. The summed E-state index contributed by atoms with van der Waals surface area (Å²) in [6.45, 7) is 4.55. The van der Waals surface area contributed by atoms with Crippen molar-refractivity contribution in [2.75, 3.05) is 0 Å². The zero-order chi connectivity index (χ0) is 10.3. The molecule has 0 aliphatic heterocycles. The van der Waals surface area contributed by atoms with Crippen LogP contribution in [-0.2, 0) is 6.54 Å². The van der Waals surface area contributed by atoms with E-state index in [1.165, 1.54) is 6.07 Å². The van der Waals surface area contributed by atoms with E-state index in [1.807, 2.05) is 19.9 Å². The number of halogens is 2. The van der Waals surface area contributed by atoms with Gasteiger partial charge in [0.15, 0.2) is 0 Å². The Morgan fingerprint density at radius 1 is 1.43 bits per heavy atom. The maximum absolute atomic E-state index is 13.5. The molecule has 1 nitrogen and oxygen atoms in total. The van der Waals surface area contributed by atoms with Crippen LogP contribution in [0.3, 0.4) is 0 Å². The predicted molar refractivity (Wildman–Crippen MR) is 57.3 cm³/mol. The van der Waals surface area contributed by atoms with Crippen LogP contribution in [0.5, 0.6) is 0 Å². The van der Waals surface area contributed by atoms with Gasteiger partial charge in [0.25, 0.3) is 0 Å². The molecular formula is C11H11ClFN. The van der Waals surface area contributed by atoms with E-state index in [9.17, 15) is 4.39 Å². The first-order valence-corrected chi connectivity index (χ1v) is 4.97. The fourth-order valence-corrected chi connectivity index (χ4v) is 2.11. The third-order valence-corrected chi connectivity index (χ3v) is 3.01. The van der Waals surface area contributed by atoms with Crippen molar-refractivity contribution in [3.05, 3.63) is 34.7 Å². The highest BCUT2D eigenvalue weighted by atomic mass is 35.5. The van der Waals surface area contributed by atoms with Gasteiger partial charge in [0.05, 0.1) is 5.52 Å². The quantitative estimate of drug-likeness (QED) is 0.677. The molecule has 0 spiro atoms. The molecule has 1 aromatic heterocycles. The van der Waals surface area contributed by atoms with E-state index in [2.05, 4.69) is 0 Å². The maximum atomic E-state index is 13.5. The molecule has 74 valence electrons. The van der Waals surface area contributed by atoms with Gasteiger partial charge in [0.1, 0.15) is 11.0 Å². The minimum absolute atomic E-state index is 0.209. The topological polar surface area (TPSA) is 4.93 Å². The van der Waals surface area contributed by atoms with Gasteiger partial charge in [-0.15, -0.1) is 0 Å². The van der Waals surface area contributed by atoms with E-state index < -0.39 is 0 Å². The third-order valence-electron chi connectivity index (χ3n) is 2.52. The molecule has 0 unspecified atom stereocenters. The molecule has 0 amide bonds. The fraction of sp³-hybridized carbons (Fsp3) is 0.273. The van der Waals surface area contributed by atoms with Crippen LogP contribution in [0.2, 0.25) is 5.15 Å². The lowest BCUT2D eigenvalue weighted by Gasteiger charge is -2.02. The number of aryl methyl sites for hydroxylation is 2. The van der Waals surface area contributed by atoms with Crippen LogP contribution in [0.25, 0.3) is 10.9 Å². The summed E-state index contributed by atoms with van der Waals surface area (Å²) in [4.78, 5) is 0. The van der Waals surface area contributed by atoms with E-state index in [0.717, 1.165) is 10.9 Å². The summed E-state index contributed by atoms with van der Waals surface area (Å²) in [6, 6.07) is 5.07. The van der Waals surface area contributed by atoms with Crippen molar-refractivity contribution < 1.29 is 4.39 Å². The second-order valence-corrected chi connectivity index (χ2v) is 3.65. The van der Waals surface area contributed by atoms with Gasteiger partial charge < -0.3 is 4.57 Å². The zero-order valence-corrected chi connectivity index (χ0v) is 8.90. The summed E-state index contributed by atoms with van der Waals surface area (Å²) in [5, 5.41) is 1.53. The Hall–Kier alpha value is -1.02. The number of hydrogen-bond acceptors (Lipinski definition) is 0. The number of fused-ring (bicyclic) bond motifs is 1. The van der Waals surface area contributed by atoms with Crippen LogP contribution in [-0.4, -0.2) is 4.57 Å². The minimum atomic E-state index is -0.209. The first kappa shape index (κ1) is 9.53. The summed E-state index contributed by atoms with van der Waals surface area (Å²) in [5.41, 5.74) is 1.56. The first-order chi connectivity index (χ1) is 6.66. The van der Waals surface area contributed by atoms with Crippen molar-refractivity contribution in [1.29, 1.82) is 0 Å². The van der Waals surface area contributed by atoms with Gasteiger partial charge in [0.2, 0.25) is 0 Å². The smallest absolute Gasteiger partial charge is 0.147 e. The van der Waals surface area contributed by atoms with Gasteiger partial charge in [0, 0.05) is 11.9 Å². The first-order valence-electron chi connectivity index (χ1n) is 4.59. The van der Waals surface area contributed by atoms with Crippen LogP contribution in [0.1, 0.15) is 12.5 Å². The molecule has 0 atom stereocenters. The monoisotopic (exact) mass is 211 g/mol. The average Bonchev–Trinajstić information content (AvgIpc) is 2.43. The maximum Gasteiger partial charge on any atom is 0.147 e. The predicted octanol–water partition coefficient (Wildman–Crippen LogP) is 3.76. The highest BCUT2D eigenvalue weighted by Gasteiger charge is 2.13. The van der Waals surface area contributed by atoms with Crippen molar-refractivity contribution in [1.82, 2.24) is 4.57 Å². The average molecular weight is 212 g/mol. The van der Waals surface area contributed by atoms with E-state index in [4.69, 9.17) is 11.6 Å². The Morgan fingerprint density at radius 2 is 2.14 bits per heavy atom. The minimum Gasteiger partial charge on any atom is -0.329 e. The lowest BCUT2D eigenvalue weighted by Crippen LogP contribution is -1.95. The number of hydrogen-bond donors (Lipinski definition) is 0. The van der Waals surface area contributed by atoms with Crippen LogP contribution >= 0.6 is 11.6 Å². The molecule has 0 saturated carbocycles. The van der Waals surface area contributed by atoms with E-state index in [0.29, 0.717) is 17.2 Å². The van der Waals surface area contributed by atoms with E-state index in [1.54, 1.807) is 10.6 Å². The number of rotatable bonds is 1. The van der Waals surface area contributed by atoms with Gasteiger partial charge in [-0.25, -0.2) is 4.39 Å². The van der Waals surface area contributed by atoms with E-state index in [-0.39, 0.29) is 5.82 Å². The van der Waals surface area contributed by atoms with Gasteiger partial charge in [-0.3, -0.25) is 0 Å². The molecule has 3 heteroatoms. The Morgan fingerprint density at radius 3 is 2.79 bits per heavy atom.